The maximum absolute atomic E-state index is 12.2. The van der Waals surface area contributed by atoms with Gasteiger partial charge in [0.15, 0.2) is 0 Å². The van der Waals surface area contributed by atoms with E-state index < -0.39 is 0 Å². The first-order valence-corrected chi connectivity index (χ1v) is 16.3. The lowest BCUT2D eigenvalue weighted by molar-refractivity contribution is 0.0777. The molecule has 3 aliphatic rings. The lowest BCUT2D eigenvalue weighted by Crippen LogP contribution is -2.38. The number of anilines is 1. The van der Waals surface area contributed by atoms with Crippen LogP contribution < -0.4 is 16.0 Å². The summed E-state index contributed by atoms with van der Waals surface area (Å²) >= 11 is 6.55. The van der Waals surface area contributed by atoms with Gasteiger partial charge in [-0.1, -0.05) is 31.4 Å². The molecule has 0 saturated heterocycles. The first kappa shape index (κ1) is 30.1. The summed E-state index contributed by atoms with van der Waals surface area (Å²) < 4.78 is 7.65. The Kier molecular flexibility index (Phi) is 10.8. The van der Waals surface area contributed by atoms with Crippen molar-refractivity contribution < 1.29 is 9.53 Å². The molecule has 0 aliphatic heterocycles. The van der Waals surface area contributed by atoms with Crippen molar-refractivity contribution >= 4 is 23.6 Å². The lowest BCUT2D eigenvalue weighted by atomic mass is 9.91. The van der Waals surface area contributed by atoms with E-state index in [0.717, 1.165) is 93.8 Å². The third-order valence-electron chi connectivity index (χ3n) is 9.08. The predicted molar refractivity (Wildman–Crippen MR) is 163 cm³/mol. The summed E-state index contributed by atoms with van der Waals surface area (Å²) in [5.41, 5.74) is 2.97. The van der Waals surface area contributed by atoms with Gasteiger partial charge in [0, 0.05) is 36.9 Å². The largest absolute Gasteiger partial charge is 0.446 e. The molecule has 1 amide bonds. The second kappa shape index (κ2) is 14.7. The normalized spacial score (nSPS) is 25.2. The first-order valence-electron chi connectivity index (χ1n) is 15.9. The number of nitrogens with one attached hydrogen (secondary N) is 3. The molecule has 0 aromatic carbocycles. The van der Waals surface area contributed by atoms with Crippen LogP contribution in [-0.4, -0.2) is 57.1 Å². The number of alkyl carbamates (subject to hydrolysis) is 1. The molecule has 0 radical (unpaired) electrons. The molecular formula is C31H48ClN7O2. The van der Waals surface area contributed by atoms with E-state index in [1.165, 1.54) is 31.4 Å². The van der Waals surface area contributed by atoms with Gasteiger partial charge in [0.1, 0.15) is 6.10 Å². The fourth-order valence-electron chi connectivity index (χ4n) is 6.27. The van der Waals surface area contributed by atoms with E-state index in [9.17, 15) is 4.79 Å². The van der Waals surface area contributed by atoms with Gasteiger partial charge in [0.05, 0.1) is 23.1 Å². The topological polar surface area (TPSA) is 106 Å². The fraction of sp³-hybridized carbons (Fsp3) is 0.742. The molecular weight excluding hydrogens is 538 g/mol. The minimum Gasteiger partial charge on any atom is -0.446 e. The molecule has 226 valence electrons. The number of nitrogens with zero attached hydrogens (tertiary/aromatic N) is 4. The van der Waals surface area contributed by atoms with Gasteiger partial charge in [-0.05, 0) is 95.4 Å². The van der Waals surface area contributed by atoms with Crippen molar-refractivity contribution in [3.8, 4) is 11.3 Å². The van der Waals surface area contributed by atoms with Crippen molar-refractivity contribution in [2.24, 2.45) is 18.9 Å². The molecule has 0 bridgehead atoms. The number of hydrogen-bond acceptors (Lipinski definition) is 7. The molecule has 2 atom stereocenters. The summed E-state index contributed by atoms with van der Waals surface area (Å²) in [7, 11) is 1.99. The van der Waals surface area contributed by atoms with Gasteiger partial charge in [-0.15, -0.1) is 0 Å². The summed E-state index contributed by atoms with van der Waals surface area (Å²) in [5, 5.41) is 15.2. The van der Waals surface area contributed by atoms with Gasteiger partial charge < -0.3 is 20.7 Å². The van der Waals surface area contributed by atoms with Crippen LogP contribution in [0.1, 0.15) is 96.1 Å². The summed E-state index contributed by atoms with van der Waals surface area (Å²) in [6.45, 7) is 3.83. The fourth-order valence-corrected chi connectivity index (χ4v) is 6.46. The quantitative estimate of drug-likeness (QED) is 0.267. The van der Waals surface area contributed by atoms with Crippen LogP contribution in [0.2, 0.25) is 5.02 Å². The van der Waals surface area contributed by atoms with Gasteiger partial charge in [-0.25, -0.2) is 14.8 Å². The Morgan fingerprint density at radius 3 is 2.59 bits per heavy atom. The van der Waals surface area contributed by atoms with E-state index >= 15 is 0 Å². The van der Waals surface area contributed by atoms with Gasteiger partial charge in [0.2, 0.25) is 5.95 Å². The van der Waals surface area contributed by atoms with Crippen molar-refractivity contribution in [3.05, 3.63) is 23.1 Å². The Balaban J connectivity index is 0.992. The average molecular weight is 586 g/mol. The highest BCUT2D eigenvalue weighted by atomic mass is 35.5. The summed E-state index contributed by atoms with van der Waals surface area (Å²) in [6, 6.07) is 0.841. The molecule has 2 heterocycles. The van der Waals surface area contributed by atoms with E-state index in [1.807, 2.05) is 17.9 Å². The Bertz CT molecular complexity index is 1130. The highest BCUT2D eigenvalue weighted by molar-refractivity contribution is 6.32. The molecule has 2 aromatic rings. The number of hydrogen-bond donors (Lipinski definition) is 3. The molecule has 41 heavy (non-hydrogen) atoms. The zero-order valence-corrected chi connectivity index (χ0v) is 25.6. The zero-order chi connectivity index (χ0) is 28.6. The van der Waals surface area contributed by atoms with Crippen molar-refractivity contribution in [1.82, 2.24) is 30.4 Å². The SMILES string of the molecule is CC1CCCCC(OC(=O)NCCCN[C@H]2CC[C@H](Nc3ncc(Cl)c(-c4cnn(C)c4CC4CC4)n3)CC2)CC1. The Labute approximate surface area is 250 Å². The minimum atomic E-state index is -0.259. The van der Waals surface area contributed by atoms with Crippen molar-refractivity contribution in [2.45, 2.75) is 115 Å². The van der Waals surface area contributed by atoms with E-state index in [-0.39, 0.29) is 12.2 Å². The van der Waals surface area contributed by atoms with Crippen LogP contribution in [-0.2, 0) is 18.2 Å². The van der Waals surface area contributed by atoms with E-state index in [0.29, 0.717) is 29.6 Å². The van der Waals surface area contributed by atoms with Gasteiger partial charge in [-0.3, -0.25) is 4.68 Å². The molecule has 3 aliphatic carbocycles. The molecule has 2 aromatic heterocycles. The number of carbonyl (C=O) groups excluding carboxylic acids is 1. The number of carbonyl (C=O) groups is 1. The molecule has 9 nitrogen and oxygen atoms in total. The smallest absolute Gasteiger partial charge is 0.407 e. The van der Waals surface area contributed by atoms with Gasteiger partial charge in [0.25, 0.3) is 0 Å². The monoisotopic (exact) mass is 585 g/mol. The summed E-state index contributed by atoms with van der Waals surface area (Å²) in [4.78, 5) is 21.5. The first-order chi connectivity index (χ1) is 19.9. The second-order valence-corrected chi connectivity index (χ2v) is 13.0. The molecule has 2 unspecified atom stereocenters. The standard InChI is InChI=1S/C31H48ClN7O2/c1-21-6-3-4-7-25(15-8-21)41-31(40)34-17-5-16-33-23-11-13-24(14-12-23)37-30-35-20-27(32)29(38-30)26-19-36-39(2)28(26)18-22-9-10-22/h19-25,33H,3-18H2,1-2H3,(H,34,40)(H,35,37,38)/t21?,23-,24-,25?. The van der Waals surface area contributed by atoms with Gasteiger partial charge in [-0.2, -0.15) is 5.10 Å². The number of ether oxygens (including phenoxy) is 1. The predicted octanol–water partition coefficient (Wildman–Crippen LogP) is 6.27. The molecule has 0 spiro atoms. The van der Waals surface area contributed by atoms with Crippen LogP contribution in [0.15, 0.2) is 12.4 Å². The summed E-state index contributed by atoms with van der Waals surface area (Å²) in [6.07, 6.45) is 19.1. The Morgan fingerprint density at radius 1 is 1.00 bits per heavy atom. The minimum absolute atomic E-state index is 0.0738. The number of rotatable bonds is 11. The molecule has 10 heteroatoms. The second-order valence-electron chi connectivity index (χ2n) is 12.6. The van der Waals surface area contributed by atoms with Crippen LogP contribution in [0.4, 0.5) is 10.7 Å². The zero-order valence-electron chi connectivity index (χ0n) is 24.8. The number of amides is 1. The molecule has 3 fully saturated rings. The van der Waals surface area contributed by atoms with E-state index in [4.69, 9.17) is 21.3 Å². The van der Waals surface area contributed by atoms with Crippen LogP contribution in [0.5, 0.6) is 0 Å². The maximum atomic E-state index is 12.2. The number of aryl methyl sites for hydroxylation is 1. The molecule has 3 saturated carbocycles. The van der Waals surface area contributed by atoms with Crippen LogP contribution >= 0.6 is 11.6 Å². The Hall–Kier alpha value is -2.39. The average Bonchev–Trinajstić information content (AvgIpc) is 3.71. The highest BCUT2D eigenvalue weighted by Crippen LogP contribution is 2.37. The number of aromatic nitrogens is 4. The van der Waals surface area contributed by atoms with Crippen LogP contribution in [0.25, 0.3) is 11.3 Å². The van der Waals surface area contributed by atoms with Crippen molar-refractivity contribution in [3.63, 3.8) is 0 Å². The van der Waals surface area contributed by atoms with Gasteiger partial charge >= 0.3 is 6.09 Å². The van der Waals surface area contributed by atoms with E-state index in [1.54, 1.807) is 6.20 Å². The number of halogens is 1. The van der Waals surface area contributed by atoms with Crippen LogP contribution in [0.3, 0.4) is 0 Å². The summed E-state index contributed by atoms with van der Waals surface area (Å²) in [5.74, 6) is 2.12. The third kappa shape index (κ3) is 9.05. The maximum Gasteiger partial charge on any atom is 0.407 e. The Morgan fingerprint density at radius 2 is 1.78 bits per heavy atom. The van der Waals surface area contributed by atoms with Crippen molar-refractivity contribution in [2.75, 3.05) is 18.4 Å². The van der Waals surface area contributed by atoms with Crippen molar-refractivity contribution in [1.29, 1.82) is 0 Å². The highest BCUT2D eigenvalue weighted by Gasteiger charge is 2.27. The van der Waals surface area contributed by atoms with E-state index in [2.05, 4.69) is 33.0 Å². The lowest BCUT2D eigenvalue weighted by Gasteiger charge is -2.30. The third-order valence-corrected chi connectivity index (χ3v) is 9.36. The molecule has 3 N–H and O–H groups in total. The van der Waals surface area contributed by atoms with Crippen LogP contribution in [0, 0.1) is 11.8 Å². The molecule has 5 rings (SSSR count).